The number of hydrogen-bond donors (Lipinski definition) is 4. The monoisotopic (exact) mass is 442 g/mol. The molecule has 0 aromatic carbocycles. The Morgan fingerprint density at radius 2 is 1.36 bits per heavy atom. The van der Waals surface area contributed by atoms with Crippen molar-refractivity contribution in [3.63, 3.8) is 0 Å². The summed E-state index contributed by atoms with van der Waals surface area (Å²) in [6.07, 6.45) is -4.01. The summed E-state index contributed by atoms with van der Waals surface area (Å²) < 4.78 is 28.6. The van der Waals surface area contributed by atoms with Crippen LogP contribution in [0.3, 0.4) is 0 Å². The Labute approximate surface area is 164 Å². The van der Waals surface area contributed by atoms with Crippen molar-refractivity contribution in [3.05, 3.63) is 0 Å². The van der Waals surface area contributed by atoms with Crippen LogP contribution in [0.5, 0.6) is 0 Å². The van der Waals surface area contributed by atoms with Gasteiger partial charge in [0.05, 0.1) is 0 Å². The van der Waals surface area contributed by atoms with E-state index in [1.807, 2.05) is 0 Å². The molecule has 1 unspecified atom stereocenters. The van der Waals surface area contributed by atoms with E-state index in [2.05, 4.69) is 0 Å². The maximum absolute atomic E-state index is 12.4. The lowest BCUT2D eigenvalue weighted by atomic mass is 9.60. The van der Waals surface area contributed by atoms with Crippen LogP contribution in [-0.4, -0.2) is 92.7 Å². The minimum absolute atomic E-state index is 0.200. The Kier molecular flexibility index (Phi) is 6.69. The maximum Gasteiger partial charge on any atom is 0.201 e. The molecule has 160 valence electrons. The minimum atomic E-state index is -4.11. The molecule has 1 saturated heterocycles. The van der Waals surface area contributed by atoms with E-state index in [1.165, 1.54) is 0 Å². The van der Waals surface area contributed by atoms with E-state index < -0.39 is 66.4 Å². The Hall–Kier alpha value is -1.22. The van der Waals surface area contributed by atoms with Gasteiger partial charge in [-0.3, -0.25) is 19.2 Å². The molecule has 0 radical (unpaired) electrons. The van der Waals surface area contributed by atoms with Gasteiger partial charge in [0.2, 0.25) is 14.5 Å². The topological polar surface area (TPSA) is 193 Å². The lowest BCUT2D eigenvalue weighted by Crippen LogP contribution is -2.86. The predicted octanol–water partition coefficient (Wildman–Crippen LogP) is -2.69. The van der Waals surface area contributed by atoms with Crippen LogP contribution in [0.25, 0.3) is 0 Å². The number of hydrogen-bond acceptors (Lipinski definition) is 12. The molecule has 0 amide bonds. The third-order valence-corrected chi connectivity index (χ3v) is 7.22. The first kappa shape index (κ1) is 24.8. The second-order valence-corrected chi connectivity index (χ2v) is 11.1. The summed E-state index contributed by atoms with van der Waals surface area (Å²) in [4.78, 5) is 48.5. The predicted molar refractivity (Wildman–Crippen MR) is 94.7 cm³/mol. The number of ether oxygens (including phenoxy) is 1. The molecular formula is C15H22O11S2. The highest BCUT2D eigenvalue weighted by Gasteiger charge is 2.79. The van der Waals surface area contributed by atoms with Gasteiger partial charge in [-0.2, -0.15) is 0 Å². The number of carbonyl (C=O) groups is 4. The van der Waals surface area contributed by atoms with Crippen LogP contribution < -0.4 is 0 Å². The van der Waals surface area contributed by atoms with Crippen LogP contribution in [0.1, 0.15) is 27.7 Å². The zero-order chi connectivity index (χ0) is 22.5. The lowest BCUT2D eigenvalue weighted by molar-refractivity contribution is -0.311. The summed E-state index contributed by atoms with van der Waals surface area (Å²) >= 11 is 0. The highest BCUT2D eigenvalue weighted by atomic mass is 33.1. The van der Waals surface area contributed by atoms with Crippen LogP contribution in [-0.2, 0) is 32.8 Å². The summed E-state index contributed by atoms with van der Waals surface area (Å²) in [5.74, 6) is -5.38. The minimum Gasteiger partial charge on any atom is -0.382 e. The van der Waals surface area contributed by atoms with Gasteiger partial charge in [0, 0.05) is 17.0 Å². The summed E-state index contributed by atoms with van der Waals surface area (Å²) in [7, 11) is -4.31. The van der Waals surface area contributed by atoms with Crippen LogP contribution in [0.2, 0.25) is 0 Å². The fourth-order valence-electron chi connectivity index (χ4n) is 3.18. The number of aliphatic hydroxyl groups is 4. The average Bonchev–Trinajstić information content (AvgIpc) is 2.52. The summed E-state index contributed by atoms with van der Waals surface area (Å²) in [6.45, 7) is 2.82. The first-order chi connectivity index (χ1) is 12.4. The summed E-state index contributed by atoms with van der Waals surface area (Å²) in [5, 5.41) is 43.2. The first-order valence-corrected chi connectivity index (χ1v) is 11.1. The van der Waals surface area contributed by atoms with Gasteiger partial charge in [-0.15, -0.1) is 0 Å². The van der Waals surface area contributed by atoms with Crippen molar-refractivity contribution in [2.45, 2.75) is 62.1 Å². The summed E-state index contributed by atoms with van der Waals surface area (Å²) in [6, 6.07) is 0. The third kappa shape index (κ3) is 3.44. The van der Waals surface area contributed by atoms with E-state index in [-0.39, 0.29) is 10.8 Å². The smallest absolute Gasteiger partial charge is 0.201 e. The number of rotatable bonds is 7. The molecule has 1 heterocycles. The number of aliphatic hydroxyl groups excluding tert-OH is 1. The molecule has 0 aliphatic carbocycles. The maximum atomic E-state index is 12.4. The zero-order valence-electron chi connectivity index (χ0n) is 15.7. The van der Waals surface area contributed by atoms with Crippen molar-refractivity contribution in [1.29, 1.82) is 0 Å². The quantitative estimate of drug-likeness (QED) is 0.299. The molecule has 1 fully saturated rings. The standard InChI is InChI=1S/C15H22O11S2/c1-6(16)10(20)11-13(21,7(2)17)15(23,9(4)19)14(22,8(3)18)12(26-11)27-28(5,24)25/h10-12,20-23H,1-5H3/t10?,11-,12+,13-,14+,15+/m1/s1. The van der Waals surface area contributed by atoms with Crippen molar-refractivity contribution < 1.29 is 52.8 Å². The van der Waals surface area contributed by atoms with E-state index in [4.69, 9.17) is 4.74 Å². The Bertz CT molecular complexity index is 822. The highest BCUT2D eigenvalue weighted by Crippen LogP contribution is 2.50. The second-order valence-electron chi connectivity index (χ2n) is 6.66. The van der Waals surface area contributed by atoms with Crippen LogP contribution in [0, 0.1) is 0 Å². The van der Waals surface area contributed by atoms with Crippen molar-refractivity contribution in [3.8, 4) is 0 Å². The van der Waals surface area contributed by atoms with Crippen molar-refractivity contribution in [2.75, 3.05) is 6.26 Å². The largest absolute Gasteiger partial charge is 0.382 e. The van der Waals surface area contributed by atoms with Gasteiger partial charge in [0.25, 0.3) is 0 Å². The molecule has 0 aromatic heterocycles. The fraction of sp³-hybridized carbons (Fsp3) is 0.733. The van der Waals surface area contributed by atoms with Crippen molar-refractivity contribution in [1.82, 2.24) is 0 Å². The third-order valence-electron chi connectivity index (χ3n) is 4.67. The first-order valence-electron chi connectivity index (χ1n) is 7.81. The molecule has 0 bridgehead atoms. The molecule has 0 saturated carbocycles. The average molecular weight is 442 g/mol. The highest BCUT2D eigenvalue weighted by molar-refractivity contribution is 8.72. The van der Waals surface area contributed by atoms with Gasteiger partial charge < -0.3 is 25.2 Å². The molecule has 11 nitrogen and oxygen atoms in total. The molecule has 6 atom stereocenters. The zero-order valence-corrected chi connectivity index (χ0v) is 17.3. The van der Waals surface area contributed by atoms with E-state index >= 15 is 0 Å². The van der Waals surface area contributed by atoms with E-state index in [0.717, 1.165) is 6.92 Å². The van der Waals surface area contributed by atoms with Crippen LogP contribution in [0.4, 0.5) is 0 Å². The van der Waals surface area contributed by atoms with Gasteiger partial charge in [-0.05, 0) is 27.7 Å². The van der Waals surface area contributed by atoms with Gasteiger partial charge in [-0.1, -0.05) is 0 Å². The fourth-order valence-corrected chi connectivity index (χ4v) is 5.64. The molecule has 1 aliphatic heterocycles. The lowest BCUT2D eigenvalue weighted by Gasteiger charge is -2.57. The number of ketones is 4. The Morgan fingerprint density at radius 1 is 0.929 bits per heavy atom. The number of carbonyl (C=O) groups excluding carboxylic acids is 4. The molecular weight excluding hydrogens is 420 g/mol. The van der Waals surface area contributed by atoms with E-state index in [9.17, 15) is 48.0 Å². The molecule has 13 heteroatoms. The van der Waals surface area contributed by atoms with E-state index in [1.54, 1.807) is 0 Å². The molecule has 28 heavy (non-hydrogen) atoms. The number of Topliss-reactive ketones (excluding diaryl/α,β-unsaturated/α-hetero) is 4. The van der Waals surface area contributed by atoms with Crippen molar-refractivity contribution >= 4 is 42.8 Å². The van der Waals surface area contributed by atoms with Crippen molar-refractivity contribution in [2.24, 2.45) is 0 Å². The Balaban J connectivity index is 4.01. The molecule has 1 aliphatic rings. The molecule has 4 N–H and O–H groups in total. The molecule has 1 rings (SSSR count). The van der Waals surface area contributed by atoms with E-state index in [0.29, 0.717) is 27.0 Å². The van der Waals surface area contributed by atoms with Gasteiger partial charge in [0.15, 0.2) is 39.8 Å². The van der Waals surface area contributed by atoms with Gasteiger partial charge >= 0.3 is 0 Å². The van der Waals surface area contributed by atoms with Crippen LogP contribution in [0.15, 0.2) is 0 Å². The second kappa shape index (κ2) is 7.55. The summed E-state index contributed by atoms with van der Waals surface area (Å²) in [5.41, 5.74) is -12.8. The van der Waals surface area contributed by atoms with Gasteiger partial charge in [-0.25, -0.2) is 8.42 Å². The van der Waals surface area contributed by atoms with Gasteiger partial charge in [0.1, 0.15) is 12.2 Å². The molecule has 0 aromatic rings. The normalized spacial score (nSPS) is 37.2. The Morgan fingerprint density at radius 3 is 1.64 bits per heavy atom. The SMILES string of the molecule is CC(=O)C(O)[C@H]1O[C@@H](SS(C)(=O)=O)[C@@](O)(C(C)=O)[C@](O)(C(C)=O)[C@@]1(O)C(C)=O. The van der Waals surface area contributed by atoms with Crippen LogP contribution >= 0.6 is 10.8 Å². The molecule has 0 spiro atoms.